The molecule has 0 atom stereocenters. The predicted molar refractivity (Wildman–Crippen MR) is 88.8 cm³/mol. The van der Waals surface area contributed by atoms with E-state index in [9.17, 15) is 9.59 Å². The summed E-state index contributed by atoms with van der Waals surface area (Å²) in [6, 6.07) is 9.87. The molecule has 5 heteroatoms. The molecule has 0 saturated carbocycles. The van der Waals surface area contributed by atoms with Crippen molar-refractivity contribution in [2.75, 3.05) is 19.7 Å². The topological polar surface area (TPSA) is 58.6 Å². The molecule has 1 aromatic rings. The van der Waals surface area contributed by atoms with Gasteiger partial charge < -0.3 is 15.0 Å². The van der Waals surface area contributed by atoms with Crippen molar-refractivity contribution in [2.24, 2.45) is 11.8 Å². The van der Waals surface area contributed by atoms with Crippen molar-refractivity contribution >= 4 is 12.0 Å². The van der Waals surface area contributed by atoms with Crippen LogP contribution in [0.5, 0.6) is 0 Å². The predicted octanol–water partition coefficient (Wildman–Crippen LogP) is 2.81. The summed E-state index contributed by atoms with van der Waals surface area (Å²) >= 11 is 0. The maximum absolute atomic E-state index is 12.2. The minimum absolute atomic E-state index is 0.0205. The van der Waals surface area contributed by atoms with Crippen LogP contribution in [0.3, 0.4) is 0 Å². The fraction of sp³-hybridized carbons (Fsp3) is 0.556. The zero-order valence-electron chi connectivity index (χ0n) is 14.0. The smallest absolute Gasteiger partial charge is 0.409 e. The molecule has 1 N–H and O–H groups in total. The molecule has 126 valence electrons. The van der Waals surface area contributed by atoms with Crippen LogP contribution in [-0.4, -0.2) is 36.6 Å². The highest BCUT2D eigenvalue weighted by Gasteiger charge is 2.27. The van der Waals surface area contributed by atoms with Gasteiger partial charge in [-0.1, -0.05) is 44.2 Å². The molecule has 0 radical (unpaired) electrons. The number of carbonyl (C=O) groups is 2. The van der Waals surface area contributed by atoms with E-state index in [4.69, 9.17) is 4.74 Å². The van der Waals surface area contributed by atoms with Gasteiger partial charge in [0.25, 0.3) is 0 Å². The lowest BCUT2D eigenvalue weighted by Crippen LogP contribution is -2.43. The monoisotopic (exact) mass is 318 g/mol. The van der Waals surface area contributed by atoms with E-state index in [-0.39, 0.29) is 17.9 Å². The number of benzene rings is 1. The molecule has 1 fully saturated rings. The first-order valence-electron chi connectivity index (χ1n) is 8.29. The second-order valence-corrected chi connectivity index (χ2v) is 6.44. The summed E-state index contributed by atoms with van der Waals surface area (Å²) in [5, 5.41) is 2.98. The van der Waals surface area contributed by atoms with Crippen molar-refractivity contribution in [3.8, 4) is 0 Å². The molecular formula is C18H26N2O3. The maximum Gasteiger partial charge on any atom is 0.409 e. The average molecular weight is 318 g/mol. The Kier molecular flexibility index (Phi) is 6.44. The van der Waals surface area contributed by atoms with Crippen LogP contribution in [0.15, 0.2) is 30.3 Å². The third-order valence-corrected chi connectivity index (χ3v) is 3.97. The van der Waals surface area contributed by atoms with Crippen molar-refractivity contribution in [1.29, 1.82) is 0 Å². The van der Waals surface area contributed by atoms with Gasteiger partial charge in [0.1, 0.15) is 0 Å². The standard InChI is InChI=1S/C18H26N2O3/c1-14(2)13-23-18(22)20-10-8-16(9-11-20)17(21)19-12-15-6-4-3-5-7-15/h3-7,14,16H,8-13H2,1-2H3,(H,19,21). The van der Waals surface area contributed by atoms with Crippen LogP contribution in [0.1, 0.15) is 32.3 Å². The number of nitrogens with zero attached hydrogens (tertiary/aromatic N) is 1. The first kappa shape index (κ1) is 17.3. The van der Waals surface area contributed by atoms with Crippen molar-refractivity contribution < 1.29 is 14.3 Å². The largest absolute Gasteiger partial charge is 0.449 e. The normalized spacial score (nSPS) is 15.5. The van der Waals surface area contributed by atoms with E-state index < -0.39 is 0 Å². The number of nitrogens with one attached hydrogen (secondary N) is 1. The van der Waals surface area contributed by atoms with E-state index in [1.165, 1.54) is 0 Å². The van der Waals surface area contributed by atoms with Gasteiger partial charge in [-0.25, -0.2) is 4.79 Å². The Morgan fingerprint density at radius 3 is 2.48 bits per heavy atom. The Morgan fingerprint density at radius 1 is 1.22 bits per heavy atom. The molecule has 23 heavy (non-hydrogen) atoms. The van der Waals surface area contributed by atoms with Crippen molar-refractivity contribution in [2.45, 2.75) is 33.2 Å². The van der Waals surface area contributed by atoms with Gasteiger partial charge in [-0.3, -0.25) is 4.79 Å². The molecule has 0 aromatic heterocycles. The second kappa shape index (κ2) is 8.56. The quantitative estimate of drug-likeness (QED) is 0.908. The summed E-state index contributed by atoms with van der Waals surface area (Å²) in [4.78, 5) is 25.8. The van der Waals surface area contributed by atoms with Crippen LogP contribution >= 0.6 is 0 Å². The zero-order chi connectivity index (χ0) is 16.7. The highest BCUT2D eigenvalue weighted by Crippen LogP contribution is 2.18. The number of hydrogen-bond donors (Lipinski definition) is 1. The van der Waals surface area contributed by atoms with Crippen molar-refractivity contribution in [3.63, 3.8) is 0 Å². The Morgan fingerprint density at radius 2 is 1.87 bits per heavy atom. The van der Waals surface area contributed by atoms with Crippen LogP contribution in [0, 0.1) is 11.8 Å². The molecule has 2 rings (SSSR count). The van der Waals surface area contributed by atoms with Gasteiger partial charge in [-0.15, -0.1) is 0 Å². The SMILES string of the molecule is CC(C)COC(=O)N1CCC(C(=O)NCc2ccccc2)CC1. The Bertz CT molecular complexity index is 508. The van der Waals surface area contributed by atoms with Crippen LogP contribution in [-0.2, 0) is 16.1 Å². The summed E-state index contributed by atoms with van der Waals surface area (Å²) in [5.74, 6) is 0.386. The van der Waals surface area contributed by atoms with Gasteiger partial charge in [-0.2, -0.15) is 0 Å². The average Bonchev–Trinajstić information content (AvgIpc) is 2.58. The summed E-state index contributed by atoms with van der Waals surface area (Å²) in [7, 11) is 0. The number of piperidine rings is 1. The Hall–Kier alpha value is -2.04. The molecule has 1 aromatic carbocycles. The lowest BCUT2D eigenvalue weighted by atomic mass is 9.96. The lowest BCUT2D eigenvalue weighted by molar-refractivity contribution is -0.126. The summed E-state index contributed by atoms with van der Waals surface area (Å²) < 4.78 is 5.23. The first-order valence-corrected chi connectivity index (χ1v) is 8.29. The highest BCUT2D eigenvalue weighted by molar-refractivity contribution is 5.79. The van der Waals surface area contributed by atoms with Gasteiger partial charge in [-0.05, 0) is 24.3 Å². The highest BCUT2D eigenvalue weighted by atomic mass is 16.6. The molecule has 1 heterocycles. The van der Waals surface area contributed by atoms with Gasteiger partial charge >= 0.3 is 6.09 Å². The van der Waals surface area contributed by atoms with Crippen LogP contribution < -0.4 is 5.32 Å². The number of amides is 2. The number of likely N-dealkylation sites (tertiary alicyclic amines) is 1. The lowest BCUT2D eigenvalue weighted by Gasteiger charge is -2.30. The molecular weight excluding hydrogens is 292 g/mol. The van der Waals surface area contributed by atoms with E-state index in [0.29, 0.717) is 45.0 Å². The third kappa shape index (κ3) is 5.58. The van der Waals surface area contributed by atoms with Gasteiger partial charge in [0.2, 0.25) is 5.91 Å². The number of ether oxygens (including phenoxy) is 1. The maximum atomic E-state index is 12.2. The van der Waals surface area contributed by atoms with Gasteiger partial charge in [0, 0.05) is 25.6 Å². The Balaban J connectivity index is 1.71. The van der Waals surface area contributed by atoms with E-state index in [0.717, 1.165) is 5.56 Å². The number of carbonyl (C=O) groups excluding carboxylic acids is 2. The molecule has 1 aliphatic heterocycles. The van der Waals surface area contributed by atoms with Crippen LogP contribution in [0.4, 0.5) is 4.79 Å². The van der Waals surface area contributed by atoms with Crippen molar-refractivity contribution in [1.82, 2.24) is 10.2 Å². The first-order chi connectivity index (χ1) is 11.1. The Labute approximate surface area is 138 Å². The van der Waals surface area contributed by atoms with Crippen molar-refractivity contribution in [3.05, 3.63) is 35.9 Å². The third-order valence-electron chi connectivity index (χ3n) is 3.97. The minimum Gasteiger partial charge on any atom is -0.449 e. The van der Waals surface area contributed by atoms with E-state index in [1.54, 1.807) is 4.90 Å². The number of rotatable bonds is 5. The molecule has 5 nitrogen and oxygen atoms in total. The molecule has 0 bridgehead atoms. The second-order valence-electron chi connectivity index (χ2n) is 6.44. The summed E-state index contributed by atoms with van der Waals surface area (Å²) in [6.07, 6.45) is 1.12. The summed E-state index contributed by atoms with van der Waals surface area (Å²) in [6.45, 7) is 6.18. The van der Waals surface area contributed by atoms with Gasteiger partial charge in [0.15, 0.2) is 0 Å². The molecule has 2 amide bonds. The molecule has 1 aliphatic rings. The van der Waals surface area contributed by atoms with Crippen LogP contribution in [0.2, 0.25) is 0 Å². The number of hydrogen-bond acceptors (Lipinski definition) is 3. The van der Waals surface area contributed by atoms with E-state index in [1.807, 2.05) is 44.2 Å². The minimum atomic E-state index is -0.262. The van der Waals surface area contributed by atoms with E-state index >= 15 is 0 Å². The fourth-order valence-corrected chi connectivity index (χ4v) is 2.58. The molecule has 0 aliphatic carbocycles. The zero-order valence-corrected chi connectivity index (χ0v) is 14.0. The molecule has 0 unspecified atom stereocenters. The van der Waals surface area contributed by atoms with E-state index in [2.05, 4.69) is 5.32 Å². The van der Waals surface area contributed by atoms with Gasteiger partial charge in [0.05, 0.1) is 6.61 Å². The molecule has 1 saturated heterocycles. The summed E-state index contributed by atoms with van der Waals surface area (Å²) in [5.41, 5.74) is 1.09. The fourth-order valence-electron chi connectivity index (χ4n) is 2.58. The van der Waals surface area contributed by atoms with Crippen LogP contribution in [0.25, 0.3) is 0 Å². The molecule has 0 spiro atoms.